The third-order valence-electron chi connectivity index (χ3n) is 2.11. The van der Waals surface area contributed by atoms with Crippen molar-refractivity contribution in [3.63, 3.8) is 0 Å². The molecule has 0 aliphatic heterocycles. The number of carbonyl (C=O) groups is 3. The van der Waals surface area contributed by atoms with E-state index in [1.165, 1.54) is 6.20 Å². The Kier molecular flexibility index (Phi) is 7.24. The summed E-state index contributed by atoms with van der Waals surface area (Å²) in [5.41, 5.74) is 0.338. The van der Waals surface area contributed by atoms with Crippen LogP contribution in [-0.4, -0.2) is 41.8 Å². The molecule has 0 spiro atoms. The average molecular weight is 312 g/mol. The van der Waals surface area contributed by atoms with E-state index in [4.69, 9.17) is 4.74 Å². The van der Waals surface area contributed by atoms with E-state index in [-0.39, 0.29) is 18.3 Å². The van der Waals surface area contributed by atoms with Crippen LogP contribution in [0.25, 0.3) is 0 Å². The van der Waals surface area contributed by atoms with Crippen LogP contribution in [0.4, 0.5) is 5.69 Å². The summed E-state index contributed by atoms with van der Waals surface area (Å²) in [5, 5.41) is 2.82. The molecule has 0 aliphatic rings. The van der Waals surface area contributed by atoms with Gasteiger partial charge in [-0.25, -0.2) is 9.78 Å². The number of anilines is 1. The summed E-state index contributed by atoms with van der Waals surface area (Å²) in [6.45, 7) is 3.74. The molecule has 7 nitrogen and oxygen atoms in total. The van der Waals surface area contributed by atoms with Crippen LogP contribution in [0.2, 0.25) is 0 Å². The molecule has 1 aromatic heterocycles. The predicted octanol–water partition coefficient (Wildman–Crippen LogP) is 1.24. The van der Waals surface area contributed by atoms with Crippen LogP contribution in [0.5, 0.6) is 0 Å². The molecule has 0 aromatic carbocycles. The second-order valence-electron chi connectivity index (χ2n) is 3.62. The molecule has 0 aliphatic carbocycles. The van der Waals surface area contributed by atoms with Crippen LogP contribution in [-0.2, 0) is 23.9 Å². The average Bonchev–Trinajstić information content (AvgIpc) is 2.47. The monoisotopic (exact) mass is 312 g/mol. The Hall–Kier alpha value is -2.09. The Bertz CT molecular complexity index is 521. The van der Waals surface area contributed by atoms with Gasteiger partial charge in [0.15, 0.2) is 0 Å². The zero-order valence-corrected chi connectivity index (χ0v) is 12.6. The lowest BCUT2D eigenvalue weighted by Gasteiger charge is -2.08. The van der Waals surface area contributed by atoms with Crippen LogP contribution in [0.15, 0.2) is 23.4 Å². The van der Waals surface area contributed by atoms with E-state index in [0.717, 1.165) is 11.8 Å². The van der Waals surface area contributed by atoms with Crippen molar-refractivity contribution in [1.82, 2.24) is 4.98 Å². The van der Waals surface area contributed by atoms with Gasteiger partial charge in [-0.15, -0.1) is 0 Å². The summed E-state index contributed by atoms with van der Waals surface area (Å²) in [6, 6.07) is 3.19. The number of pyridine rings is 1. The van der Waals surface area contributed by atoms with Gasteiger partial charge in [0.05, 0.1) is 24.7 Å². The van der Waals surface area contributed by atoms with E-state index in [1.807, 2.05) is 0 Å². The molecular weight excluding hydrogens is 296 g/mol. The standard InChI is InChI=1S/C13H16N2O5S/c1-3-19-10(16)8-21-12-9(6-5-7-14-12)15-11(17)13(18)20-4-2/h5-7H,3-4,8H2,1-2H3,(H,15,17). The van der Waals surface area contributed by atoms with E-state index in [1.54, 1.807) is 26.0 Å². The normalized spacial score (nSPS) is 9.81. The smallest absolute Gasteiger partial charge is 0.397 e. The Balaban J connectivity index is 2.68. The van der Waals surface area contributed by atoms with Crippen LogP contribution >= 0.6 is 11.8 Å². The lowest BCUT2D eigenvalue weighted by atomic mass is 10.4. The number of aromatic nitrogens is 1. The minimum absolute atomic E-state index is 0.0626. The molecule has 1 heterocycles. The quantitative estimate of drug-likeness (QED) is 0.479. The fraction of sp³-hybridized carbons (Fsp3) is 0.385. The molecule has 0 saturated carbocycles. The Morgan fingerprint density at radius 1 is 1.24 bits per heavy atom. The number of nitrogens with zero attached hydrogens (tertiary/aromatic N) is 1. The van der Waals surface area contributed by atoms with Crippen molar-refractivity contribution in [2.24, 2.45) is 0 Å². The minimum Gasteiger partial charge on any atom is -0.465 e. The number of hydrogen-bond acceptors (Lipinski definition) is 7. The number of hydrogen-bond donors (Lipinski definition) is 1. The highest BCUT2D eigenvalue weighted by Gasteiger charge is 2.17. The highest BCUT2D eigenvalue weighted by atomic mass is 32.2. The molecule has 21 heavy (non-hydrogen) atoms. The Morgan fingerprint density at radius 2 is 1.95 bits per heavy atom. The van der Waals surface area contributed by atoms with Gasteiger partial charge in [0.25, 0.3) is 0 Å². The molecule has 0 saturated heterocycles. The SMILES string of the molecule is CCOC(=O)CSc1ncccc1NC(=O)C(=O)OCC. The van der Waals surface area contributed by atoms with Crippen molar-refractivity contribution in [3.05, 3.63) is 18.3 Å². The molecular formula is C13H16N2O5S. The molecule has 1 rings (SSSR count). The first-order chi connectivity index (χ1) is 10.1. The lowest BCUT2D eigenvalue weighted by Crippen LogP contribution is -2.25. The van der Waals surface area contributed by atoms with E-state index in [0.29, 0.717) is 17.3 Å². The molecule has 1 N–H and O–H groups in total. The summed E-state index contributed by atoms with van der Waals surface area (Å²) >= 11 is 1.11. The lowest BCUT2D eigenvalue weighted by molar-refractivity contribution is -0.152. The number of nitrogens with one attached hydrogen (secondary N) is 1. The fourth-order valence-electron chi connectivity index (χ4n) is 1.30. The highest BCUT2D eigenvalue weighted by Crippen LogP contribution is 2.24. The Morgan fingerprint density at radius 3 is 2.62 bits per heavy atom. The third kappa shape index (κ3) is 5.82. The van der Waals surface area contributed by atoms with E-state index >= 15 is 0 Å². The minimum atomic E-state index is -0.970. The van der Waals surface area contributed by atoms with Crippen LogP contribution in [0, 0.1) is 0 Å². The maximum atomic E-state index is 11.6. The van der Waals surface area contributed by atoms with Crippen LogP contribution in [0.1, 0.15) is 13.8 Å². The van der Waals surface area contributed by atoms with Gasteiger partial charge < -0.3 is 14.8 Å². The number of rotatable bonds is 6. The zero-order chi connectivity index (χ0) is 15.7. The number of carbonyl (C=O) groups excluding carboxylic acids is 3. The molecule has 0 unspecified atom stereocenters. The van der Waals surface area contributed by atoms with Gasteiger partial charge in [-0.05, 0) is 26.0 Å². The molecule has 1 amide bonds. The molecule has 8 heteroatoms. The van der Waals surface area contributed by atoms with E-state index in [9.17, 15) is 14.4 Å². The van der Waals surface area contributed by atoms with Crippen molar-refractivity contribution < 1.29 is 23.9 Å². The summed E-state index contributed by atoms with van der Waals surface area (Å²) in [6.07, 6.45) is 1.52. The predicted molar refractivity (Wildman–Crippen MR) is 76.9 cm³/mol. The molecule has 0 radical (unpaired) electrons. The van der Waals surface area contributed by atoms with Gasteiger partial charge in [0, 0.05) is 6.20 Å². The van der Waals surface area contributed by atoms with Gasteiger partial charge in [0.2, 0.25) is 0 Å². The van der Waals surface area contributed by atoms with E-state index in [2.05, 4.69) is 15.0 Å². The van der Waals surface area contributed by atoms with Crippen molar-refractivity contribution in [3.8, 4) is 0 Å². The first kappa shape index (κ1) is 17.0. The first-order valence-corrected chi connectivity index (χ1v) is 7.28. The maximum Gasteiger partial charge on any atom is 0.397 e. The van der Waals surface area contributed by atoms with Gasteiger partial charge in [-0.1, -0.05) is 11.8 Å². The molecule has 0 fully saturated rings. The maximum absolute atomic E-state index is 11.6. The summed E-state index contributed by atoms with van der Waals surface area (Å²) in [7, 11) is 0. The van der Waals surface area contributed by atoms with Crippen LogP contribution < -0.4 is 5.32 Å². The van der Waals surface area contributed by atoms with Gasteiger partial charge >= 0.3 is 17.8 Å². The number of thioether (sulfide) groups is 1. The van der Waals surface area contributed by atoms with Gasteiger partial charge in [0.1, 0.15) is 5.03 Å². The topological polar surface area (TPSA) is 94.6 Å². The van der Waals surface area contributed by atoms with E-state index < -0.39 is 11.9 Å². The fourth-order valence-corrected chi connectivity index (χ4v) is 2.05. The highest BCUT2D eigenvalue weighted by molar-refractivity contribution is 8.00. The first-order valence-electron chi connectivity index (χ1n) is 6.30. The molecule has 0 atom stereocenters. The Labute approximate surface area is 126 Å². The summed E-state index contributed by atoms with van der Waals surface area (Å²) < 4.78 is 9.40. The largest absolute Gasteiger partial charge is 0.465 e. The summed E-state index contributed by atoms with van der Waals surface area (Å²) in [5.74, 6) is -2.17. The van der Waals surface area contributed by atoms with Gasteiger partial charge in [-0.2, -0.15) is 0 Å². The third-order valence-corrected chi connectivity index (χ3v) is 3.09. The number of amides is 1. The molecule has 0 bridgehead atoms. The van der Waals surface area contributed by atoms with Crippen LogP contribution in [0.3, 0.4) is 0 Å². The van der Waals surface area contributed by atoms with Crippen molar-refractivity contribution in [1.29, 1.82) is 0 Å². The zero-order valence-electron chi connectivity index (χ0n) is 11.8. The van der Waals surface area contributed by atoms with Crippen molar-refractivity contribution in [2.75, 3.05) is 24.3 Å². The number of ether oxygens (including phenoxy) is 2. The summed E-state index contributed by atoms with van der Waals surface area (Å²) in [4.78, 5) is 38.2. The molecule has 1 aromatic rings. The van der Waals surface area contributed by atoms with Crippen molar-refractivity contribution >= 4 is 35.3 Å². The second-order valence-corrected chi connectivity index (χ2v) is 4.59. The van der Waals surface area contributed by atoms with Gasteiger partial charge in [-0.3, -0.25) is 9.59 Å². The number of esters is 2. The molecule has 114 valence electrons. The van der Waals surface area contributed by atoms with Crippen molar-refractivity contribution in [2.45, 2.75) is 18.9 Å². The second kappa shape index (κ2) is 8.96.